The standard InChI is InChI=1S/C15H10F3NO2/c1-10-5-4-6-11(9-19)14(10)20-12-7-2-3-8-13(12)21-15(16,17)18/h2-8H,1H3. The van der Waals surface area contributed by atoms with E-state index in [1.807, 2.05) is 6.07 Å². The molecule has 0 N–H and O–H groups in total. The monoisotopic (exact) mass is 293 g/mol. The van der Waals surface area contributed by atoms with E-state index in [2.05, 4.69) is 4.74 Å². The van der Waals surface area contributed by atoms with Crippen molar-refractivity contribution in [3.8, 4) is 23.3 Å². The summed E-state index contributed by atoms with van der Waals surface area (Å²) in [6, 6.07) is 12.2. The van der Waals surface area contributed by atoms with Crippen molar-refractivity contribution in [3.05, 3.63) is 53.6 Å². The molecule has 0 spiro atoms. The van der Waals surface area contributed by atoms with E-state index in [0.717, 1.165) is 6.07 Å². The number of aryl methyl sites for hydroxylation is 1. The van der Waals surface area contributed by atoms with E-state index >= 15 is 0 Å². The fourth-order valence-corrected chi connectivity index (χ4v) is 1.73. The summed E-state index contributed by atoms with van der Waals surface area (Å²) in [4.78, 5) is 0. The minimum Gasteiger partial charge on any atom is -0.452 e. The zero-order chi connectivity index (χ0) is 15.5. The topological polar surface area (TPSA) is 42.2 Å². The van der Waals surface area contributed by atoms with E-state index in [9.17, 15) is 13.2 Å². The van der Waals surface area contributed by atoms with Crippen LogP contribution in [0.25, 0.3) is 0 Å². The van der Waals surface area contributed by atoms with Crippen LogP contribution in [-0.2, 0) is 0 Å². The van der Waals surface area contributed by atoms with Crippen LogP contribution in [0, 0.1) is 18.3 Å². The molecule has 0 unspecified atom stereocenters. The van der Waals surface area contributed by atoms with E-state index in [4.69, 9.17) is 10.00 Å². The minimum atomic E-state index is -4.82. The molecule has 2 rings (SSSR count). The lowest BCUT2D eigenvalue weighted by Gasteiger charge is -2.15. The van der Waals surface area contributed by atoms with Crippen LogP contribution in [0.4, 0.5) is 13.2 Å². The Labute approximate surface area is 119 Å². The molecule has 0 saturated carbocycles. The summed E-state index contributed by atoms with van der Waals surface area (Å²) >= 11 is 0. The van der Waals surface area contributed by atoms with Crippen LogP contribution in [-0.4, -0.2) is 6.36 Å². The second kappa shape index (κ2) is 5.75. The molecule has 0 atom stereocenters. The van der Waals surface area contributed by atoms with Crippen LogP contribution in [0.2, 0.25) is 0 Å². The molecule has 0 saturated heterocycles. The van der Waals surface area contributed by atoms with Crippen LogP contribution in [0.5, 0.6) is 17.2 Å². The Kier molecular flexibility index (Phi) is 4.03. The molecule has 0 bridgehead atoms. The third kappa shape index (κ3) is 3.66. The number of nitriles is 1. The van der Waals surface area contributed by atoms with Gasteiger partial charge in [-0.05, 0) is 30.7 Å². The van der Waals surface area contributed by atoms with Crippen molar-refractivity contribution >= 4 is 0 Å². The summed E-state index contributed by atoms with van der Waals surface area (Å²) in [7, 11) is 0. The Hall–Kier alpha value is -2.68. The highest BCUT2D eigenvalue weighted by Gasteiger charge is 2.32. The number of para-hydroxylation sites is 3. The van der Waals surface area contributed by atoms with Gasteiger partial charge in [-0.1, -0.05) is 24.3 Å². The molecular weight excluding hydrogens is 283 g/mol. The summed E-state index contributed by atoms with van der Waals surface area (Å²) in [6.45, 7) is 1.70. The predicted octanol–water partition coefficient (Wildman–Crippen LogP) is 4.56. The quantitative estimate of drug-likeness (QED) is 0.833. The molecule has 0 fully saturated rings. The smallest absolute Gasteiger partial charge is 0.452 e. The van der Waals surface area contributed by atoms with Crippen LogP contribution < -0.4 is 9.47 Å². The van der Waals surface area contributed by atoms with Crippen molar-refractivity contribution in [1.29, 1.82) is 5.26 Å². The molecule has 0 amide bonds. The van der Waals surface area contributed by atoms with E-state index in [0.29, 0.717) is 5.56 Å². The molecule has 0 aliphatic rings. The first-order valence-electron chi connectivity index (χ1n) is 5.93. The zero-order valence-electron chi connectivity index (χ0n) is 10.9. The summed E-state index contributed by atoms with van der Waals surface area (Å²) in [5.74, 6) is -0.365. The number of ether oxygens (including phenoxy) is 2. The van der Waals surface area contributed by atoms with Gasteiger partial charge >= 0.3 is 6.36 Å². The van der Waals surface area contributed by atoms with Gasteiger partial charge in [0.05, 0.1) is 5.56 Å². The molecule has 6 heteroatoms. The molecule has 0 aliphatic carbocycles. The van der Waals surface area contributed by atoms with Crippen LogP contribution >= 0.6 is 0 Å². The second-order valence-electron chi connectivity index (χ2n) is 4.16. The SMILES string of the molecule is Cc1cccc(C#N)c1Oc1ccccc1OC(F)(F)F. The van der Waals surface area contributed by atoms with Gasteiger partial charge in [0.1, 0.15) is 11.8 Å². The fourth-order valence-electron chi connectivity index (χ4n) is 1.73. The highest BCUT2D eigenvalue weighted by molar-refractivity contribution is 5.52. The minimum absolute atomic E-state index is 0.111. The largest absolute Gasteiger partial charge is 0.573 e. The summed E-state index contributed by atoms with van der Waals surface area (Å²) in [6.07, 6.45) is -4.82. The van der Waals surface area contributed by atoms with Gasteiger partial charge in [-0.15, -0.1) is 13.2 Å². The normalized spacial score (nSPS) is 10.8. The highest BCUT2D eigenvalue weighted by atomic mass is 19.4. The summed E-state index contributed by atoms with van der Waals surface area (Å²) < 4.78 is 46.4. The Morgan fingerprint density at radius 1 is 1.00 bits per heavy atom. The molecule has 0 aliphatic heterocycles. The lowest BCUT2D eigenvalue weighted by atomic mass is 10.1. The number of hydrogen-bond donors (Lipinski definition) is 0. The Balaban J connectivity index is 2.40. The van der Waals surface area contributed by atoms with Crippen LogP contribution in [0.15, 0.2) is 42.5 Å². The number of benzene rings is 2. The first-order chi connectivity index (χ1) is 9.90. The molecule has 0 heterocycles. The average Bonchev–Trinajstić information content (AvgIpc) is 2.41. The number of rotatable bonds is 3. The van der Waals surface area contributed by atoms with Gasteiger partial charge in [-0.25, -0.2) is 0 Å². The van der Waals surface area contributed by atoms with E-state index < -0.39 is 12.1 Å². The first-order valence-corrected chi connectivity index (χ1v) is 5.93. The number of hydrogen-bond acceptors (Lipinski definition) is 3. The van der Waals surface area contributed by atoms with Gasteiger partial charge in [0.15, 0.2) is 11.5 Å². The lowest BCUT2D eigenvalue weighted by Crippen LogP contribution is -2.17. The Morgan fingerprint density at radius 2 is 1.67 bits per heavy atom. The van der Waals surface area contributed by atoms with Crippen molar-refractivity contribution in [1.82, 2.24) is 0 Å². The maximum absolute atomic E-state index is 12.4. The van der Waals surface area contributed by atoms with E-state index in [-0.39, 0.29) is 17.1 Å². The van der Waals surface area contributed by atoms with Crippen molar-refractivity contribution < 1.29 is 22.6 Å². The van der Waals surface area contributed by atoms with Crippen molar-refractivity contribution in [3.63, 3.8) is 0 Å². The van der Waals surface area contributed by atoms with Gasteiger partial charge in [0.2, 0.25) is 0 Å². The predicted molar refractivity (Wildman–Crippen MR) is 69.1 cm³/mol. The molecular formula is C15H10F3NO2. The molecule has 2 aromatic carbocycles. The van der Waals surface area contributed by atoms with Gasteiger partial charge in [-0.3, -0.25) is 0 Å². The summed E-state index contributed by atoms with van der Waals surface area (Å²) in [5.41, 5.74) is 0.868. The van der Waals surface area contributed by atoms with E-state index in [1.54, 1.807) is 19.1 Å². The van der Waals surface area contributed by atoms with Crippen LogP contribution in [0.1, 0.15) is 11.1 Å². The average molecular weight is 293 g/mol. The lowest BCUT2D eigenvalue weighted by molar-refractivity contribution is -0.275. The first kappa shape index (κ1) is 14.7. The van der Waals surface area contributed by atoms with Gasteiger partial charge < -0.3 is 9.47 Å². The van der Waals surface area contributed by atoms with Gasteiger partial charge in [0.25, 0.3) is 0 Å². The molecule has 0 aromatic heterocycles. The molecule has 2 aromatic rings. The number of nitrogens with zero attached hydrogens (tertiary/aromatic N) is 1. The maximum Gasteiger partial charge on any atom is 0.573 e. The fraction of sp³-hybridized carbons (Fsp3) is 0.133. The highest BCUT2D eigenvalue weighted by Crippen LogP contribution is 2.37. The molecule has 3 nitrogen and oxygen atoms in total. The molecule has 21 heavy (non-hydrogen) atoms. The maximum atomic E-state index is 12.4. The number of alkyl halides is 3. The number of halogens is 3. The van der Waals surface area contributed by atoms with Crippen molar-refractivity contribution in [2.45, 2.75) is 13.3 Å². The second-order valence-corrected chi connectivity index (χ2v) is 4.16. The van der Waals surface area contributed by atoms with E-state index in [1.165, 1.54) is 24.3 Å². The van der Waals surface area contributed by atoms with Gasteiger partial charge in [0, 0.05) is 0 Å². The third-order valence-electron chi connectivity index (χ3n) is 2.62. The third-order valence-corrected chi connectivity index (χ3v) is 2.62. The zero-order valence-corrected chi connectivity index (χ0v) is 10.9. The van der Waals surface area contributed by atoms with Crippen molar-refractivity contribution in [2.75, 3.05) is 0 Å². The van der Waals surface area contributed by atoms with Gasteiger partial charge in [-0.2, -0.15) is 5.26 Å². The Bertz CT molecular complexity index is 690. The van der Waals surface area contributed by atoms with Crippen molar-refractivity contribution in [2.24, 2.45) is 0 Å². The molecule has 0 radical (unpaired) electrons. The Morgan fingerprint density at radius 3 is 2.29 bits per heavy atom. The summed E-state index contributed by atoms with van der Waals surface area (Å²) in [5, 5.41) is 9.04. The van der Waals surface area contributed by atoms with Crippen LogP contribution in [0.3, 0.4) is 0 Å². The molecule has 108 valence electrons.